The van der Waals surface area contributed by atoms with Crippen LogP contribution in [0.4, 0.5) is 5.69 Å². The molecule has 0 aliphatic rings. The van der Waals surface area contributed by atoms with E-state index in [1.54, 1.807) is 25.1 Å². The zero-order valence-electron chi connectivity index (χ0n) is 9.45. The van der Waals surface area contributed by atoms with Crippen molar-refractivity contribution in [2.45, 2.75) is 6.92 Å². The molecule has 1 N–H and O–H groups in total. The third-order valence-electron chi connectivity index (χ3n) is 2.19. The second-order valence-corrected chi connectivity index (χ2v) is 4.44. The normalized spacial score (nSPS) is 10.2. The van der Waals surface area contributed by atoms with Crippen LogP contribution < -0.4 is 5.32 Å². The highest BCUT2D eigenvalue weighted by molar-refractivity contribution is 6.42. The third-order valence-corrected chi connectivity index (χ3v) is 2.93. The van der Waals surface area contributed by atoms with Crippen LogP contribution >= 0.6 is 23.2 Å². The van der Waals surface area contributed by atoms with Crippen LogP contribution in [0.5, 0.6) is 0 Å². The number of carbonyl (C=O) groups is 1. The SMILES string of the molecule is Cc1cnc(C(=O)Nc2ccc(Cl)c(Cl)c2)cn1. The summed E-state index contributed by atoms with van der Waals surface area (Å²) in [5.74, 6) is -0.346. The fourth-order valence-corrected chi connectivity index (χ4v) is 1.58. The number of halogens is 2. The van der Waals surface area contributed by atoms with Crippen LogP contribution in [0, 0.1) is 6.92 Å². The minimum absolute atomic E-state index is 0.242. The van der Waals surface area contributed by atoms with E-state index in [1.807, 2.05) is 0 Å². The van der Waals surface area contributed by atoms with E-state index >= 15 is 0 Å². The van der Waals surface area contributed by atoms with Crippen molar-refractivity contribution in [2.24, 2.45) is 0 Å². The molecule has 0 spiro atoms. The molecular formula is C12H9Cl2N3O. The number of aromatic nitrogens is 2. The molecule has 18 heavy (non-hydrogen) atoms. The minimum atomic E-state index is -0.346. The van der Waals surface area contributed by atoms with E-state index in [2.05, 4.69) is 15.3 Å². The quantitative estimate of drug-likeness (QED) is 0.919. The van der Waals surface area contributed by atoms with E-state index in [-0.39, 0.29) is 11.6 Å². The Hall–Kier alpha value is -1.65. The van der Waals surface area contributed by atoms with Gasteiger partial charge in [-0.3, -0.25) is 9.78 Å². The van der Waals surface area contributed by atoms with Crippen LogP contribution in [-0.4, -0.2) is 15.9 Å². The molecule has 0 saturated carbocycles. The molecule has 1 amide bonds. The van der Waals surface area contributed by atoms with E-state index in [9.17, 15) is 4.79 Å². The van der Waals surface area contributed by atoms with Crippen LogP contribution in [0.2, 0.25) is 10.0 Å². The van der Waals surface area contributed by atoms with Crippen LogP contribution in [0.1, 0.15) is 16.2 Å². The number of nitrogens with zero attached hydrogens (tertiary/aromatic N) is 2. The Morgan fingerprint density at radius 1 is 1.17 bits per heavy atom. The fourth-order valence-electron chi connectivity index (χ4n) is 1.28. The molecule has 0 radical (unpaired) electrons. The molecule has 1 aromatic heterocycles. The highest BCUT2D eigenvalue weighted by Gasteiger charge is 2.08. The first-order valence-electron chi connectivity index (χ1n) is 5.11. The maximum atomic E-state index is 11.8. The molecule has 0 saturated heterocycles. The Labute approximate surface area is 114 Å². The van der Waals surface area contributed by atoms with Gasteiger partial charge in [-0.2, -0.15) is 0 Å². The summed E-state index contributed by atoms with van der Waals surface area (Å²) in [7, 11) is 0. The number of hydrogen-bond acceptors (Lipinski definition) is 3. The van der Waals surface area contributed by atoms with E-state index in [0.29, 0.717) is 15.7 Å². The Balaban J connectivity index is 2.16. The van der Waals surface area contributed by atoms with E-state index in [1.165, 1.54) is 12.4 Å². The summed E-state index contributed by atoms with van der Waals surface area (Å²) in [6.07, 6.45) is 2.95. The second kappa shape index (κ2) is 5.33. The number of rotatable bonds is 2. The molecule has 2 rings (SSSR count). The van der Waals surface area contributed by atoms with Crippen molar-refractivity contribution in [2.75, 3.05) is 5.32 Å². The van der Waals surface area contributed by atoms with E-state index < -0.39 is 0 Å². The van der Waals surface area contributed by atoms with Gasteiger partial charge in [-0.1, -0.05) is 23.2 Å². The topological polar surface area (TPSA) is 54.9 Å². The van der Waals surface area contributed by atoms with Crippen molar-refractivity contribution >= 4 is 34.8 Å². The average molecular weight is 282 g/mol. The van der Waals surface area contributed by atoms with Crippen LogP contribution in [0.25, 0.3) is 0 Å². The Morgan fingerprint density at radius 2 is 1.94 bits per heavy atom. The Bertz CT molecular complexity index is 584. The van der Waals surface area contributed by atoms with Gasteiger partial charge >= 0.3 is 0 Å². The highest BCUT2D eigenvalue weighted by atomic mass is 35.5. The average Bonchev–Trinajstić information content (AvgIpc) is 2.34. The summed E-state index contributed by atoms with van der Waals surface area (Å²) < 4.78 is 0. The first-order valence-corrected chi connectivity index (χ1v) is 5.87. The number of anilines is 1. The van der Waals surface area contributed by atoms with Gasteiger partial charge in [0, 0.05) is 11.9 Å². The minimum Gasteiger partial charge on any atom is -0.321 e. The first kappa shape index (κ1) is 12.8. The second-order valence-electron chi connectivity index (χ2n) is 3.63. The maximum absolute atomic E-state index is 11.8. The Morgan fingerprint density at radius 3 is 2.56 bits per heavy atom. The van der Waals surface area contributed by atoms with Gasteiger partial charge in [0.2, 0.25) is 0 Å². The summed E-state index contributed by atoms with van der Waals surface area (Å²) in [6.45, 7) is 1.80. The van der Waals surface area contributed by atoms with Crippen LogP contribution in [0.15, 0.2) is 30.6 Å². The number of carbonyl (C=O) groups excluding carboxylic acids is 1. The summed E-state index contributed by atoms with van der Waals surface area (Å²) >= 11 is 11.6. The smallest absolute Gasteiger partial charge is 0.275 e. The molecule has 0 aliphatic carbocycles. The molecule has 4 nitrogen and oxygen atoms in total. The van der Waals surface area contributed by atoms with Crippen molar-refractivity contribution in [3.8, 4) is 0 Å². The lowest BCUT2D eigenvalue weighted by atomic mass is 10.3. The number of hydrogen-bond donors (Lipinski definition) is 1. The molecule has 0 bridgehead atoms. The van der Waals surface area contributed by atoms with Gasteiger partial charge in [0.05, 0.1) is 21.9 Å². The molecule has 2 aromatic rings. The van der Waals surface area contributed by atoms with Crippen LogP contribution in [0.3, 0.4) is 0 Å². The standard InChI is InChI=1S/C12H9Cl2N3O/c1-7-5-16-11(6-15-7)12(18)17-8-2-3-9(13)10(14)4-8/h2-6H,1H3,(H,17,18). The van der Waals surface area contributed by atoms with Gasteiger partial charge in [0.1, 0.15) is 5.69 Å². The van der Waals surface area contributed by atoms with Gasteiger partial charge < -0.3 is 5.32 Å². The molecular weight excluding hydrogens is 273 g/mol. The molecule has 92 valence electrons. The van der Waals surface area contributed by atoms with Crippen molar-refractivity contribution in [1.82, 2.24) is 9.97 Å². The lowest BCUT2D eigenvalue weighted by Gasteiger charge is -2.05. The molecule has 0 fully saturated rings. The molecule has 1 heterocycles. The zero-order chi connectivity index (χ0) is 13.1. The molecule has 6 heteroatoms. The number of amides is 1. The van der Waals surface area contributed by atoms with Crippen molar-refractivity contribution < 1.29 is 4.79 Å². The fraction of sp³-hybridized carbons (Fsp3) is 0.0833. The largest absolute Gasteiger partial charge is 0.321 e. The maximum Gasteiger partial charge on any atom is 0.275 e. The first-order chi connectivity index (χ1) is 8.56. The third kappa shape index (κ3) is 2.97. The summed E-state index contributed by atoms with van der Waals surface area (Å²) in [6, 6.07) is 4.84. The monoisotopic (exact) mass is 281 g/mol. The number of benzene rings is 1. The van der Waals surface area contributed by atoms with Gasteiger partial charge in [-0.25, -0.2) is 4.98 Å². The van der Waals surface area contributed by atoms with E-state index in [4.69, 9.17) is 23.2 Å². The Kier molecular flexibility index (Phi) is 3.79. The molecule has 1 aromatic carbocycles. The zero-order valence-corrected chi connectivity index (χ0v) is 11.0. The van der Waals surface area contributed by atoms with Gasteiger partial charge in [0.25, 0.3) is 5.91 Å². The van der Waals surface area contributed by atoms with Crippen molar-refractivity contribution in [3.05, 3.63) is 52.0 Å². The molecule has 0 unspecified atom stereocenters. The van der Waals surface area contributed by atoms with E-state index in [0.717, 1.165) is 5.69 Å². The van der Waals surface area contributed by atoms with Gasteiger partial charge in [0.15, 0.2) is 0 Å². The summed E-state index contributed by atoms with van der Waals surface area (Å²) in [5.41, 5.74) is 1.55. The summed E-state index contributed by atoms with van der Waals surface area (Å²) in [4.78, 5) is 19.8. The number of aryl methyl sites for hydroxylation is 1. The highest BCUT2D eigenvalue weighted by Crippen LogP contribution is 2.25. The molecule has 0 atom stereocenters. The lowest BCUT2D eigenvalue weighted by Crippen LogP contribution is -2.14. The van der Waals surface area contributed by atoms with Crippen molar-refractivity contribution in [1.29, 1.82) is 0 Å². The number of nitrogens with one attached hydrogen (secondary N) is 1. The predicted octanol–water partition coefficient (Wildman–Crippen LogP) is 3.34. The van der Waals surface area contributed by atoms with Crippen LogP contribution in [-0.2, 0) is 0 Å². The lowest BCUT2D eigenvalue weighted by molar-refractivity contribution is 0.102. The predicted molar refractivity (Wildman–Crippen MR) is 71.2 cm³/mol. The summed E-state index contributed by atoms with van der Waals surface area (Å²) in [5, 5.41) is 3.48. The molecule has 0 aliphatic heterocycles. The van der Waals surface area contributed by atoms with Gasteiger partial charge in [-0.05, 0) is 25.1 Å². The van der Waals surface area contributed by atoms with Gasteiger partial charge in [-0.15, -0.1) is 0 Å². The van der Waals surface area contributed by atoms with Crippen molar-refractivity contribution in [3.63, 3.8) is 0 Å².